The van der Waals surface area contributed by atoms with Crippen LogP contribution in [0, 0.1) is 11.6 Å². The number of hydrogen-bond donors (Lipinski definition) is 2. The Morgan fingerprint density at radius 1 is 1.11 bits per heavy atom. The highest BCUT2D eigenvalue weighted by atomic mass is 19.1. The normalized spacial score (nSPS) is 16.4. The zero-order chi connectivity index (χ0) is 20.1. The molecular weight excluding hydrogens is 368 g/mol. The summed E-state index contributed by atoms with van der Waals surface area (Å²) in [7, 11) is 3.17. The van der Waals surface area contributed by atoms with Crippen molar-refractivity contribution in [3.05, 3.63) is 48.0 Å². The van der Waals surface area contributed by atoms with E-state index in [-0.39, 0.29) is 11.7 Å². The van der Waals surface area contributed by atoms with Crippen LogP contribution in [0.25, 0.3) is 0 Å². The summed E-state index contributed by atoms with van der Waals surface area (Å²) in [5.74, 6) is -0.159. The van der Waals surface area contributed by atoms with Crippen LogP contribution in [0.1, 0.15) is 12.8 Å². The second kappa shape index (κ2) is 8.77. The molecule has 8 heteroatoms. The van der Waals surface area contributed by atoms with Crippen LogP contribution in [0.15, 0.2) is 36.4 Å². The van der Waals surface area contributed by atoms with Crippen molar-refractivity contribution in [2.24, 2.45) is 0 Å². The molecule has 0 bridgehead atoms. The summed E-state index contributed by atoms with van der Waals surface area (Å²) in [6, 6.07) is 8.16. The summed E-state index contributed by atoms with van der Waals surface area (Å²) in [4.78, 5) is 14.1. The first-order chi connectivity index (χ1) is 13.5. The minimum Gasteiger partial charge on any atom is -0.497 e. The van der Waals surface area contributed by atoms with Crippen LogP contribution in [-0.4, -0.2) is 44.3 Å². The van der Waals surface area contributed by atoms with Gasteiger partial charge in [-0.3, -0.25) is 0 Å². The first-order valence-corrected chi connectivity index (χ1v) is 8.99. The van der Waals surface area contributed by atoms with Gasteiger partial charge in [-0.25, -0.2) is 13.6 Å². The number of halogens is 2. The number of carbonyl (C=O) groups excluding carboxylic acids is 1. The van der Waals surface area contributed by atoms with Gasteiger partial charge >= 0.3 is 6.03 Å². The average Bonchev–Trinajstić information content (AvgIpc) is 2.69. The van der Waals surface area contributed by atoms with E-state index >= 15 is 0 Å². The number of hydrogen-bond acceptors (Lipinski definition) is 4. The van der Waals surface area contributed by atoms with E-state index in [1.54, 1.807) is 25.2 Å². The van der Waals surface area contributed by atoms with Gasteiger partial charge in [0.05, 0.1) is 19.9 Å². The number of benzene rings is 2. The smallest absolute Gasteiger partial charge is 0.321 e. The van der Waals surface area contributed by atoms with Gasteiger partial charge in [0.2, 0.25) is 0 Å². The van der Waals surface area contributed by atoms with Gasteiger partial charge in [0.25, 0.3) is 0 Å². The molecule has 28 heavy (non-hydrogen) atoms. The fourth-order valence-corrected chi connectivity index (χ4v) is 3.19. The number of amides is 2. The number of anilines is 2. The van der Waals surface area contributed by atoms with E-state index in [0.29, 0.717) is 24.6 Å². The highest BCUT2D eigenvalue weighted by molar-refractivity contribution is 5.89. The molecule has 1 fully saturated rings. The zero-order valence-electron chi connectivity index (χ0n) is 15.8. The van der Waals surface area contributed by atoms with Crippen molar-refractivity contribution in [1.82, 2.24) is 4.90 Å². The molecule has 3 rings (SSSR count). The minimum atomic E-state index is -0.802. The molecule has 6 nitrogen and oxygen atoms in total. The maximum Gasteiger partial charge on any atom is 0.321 e. The largest absolute Gasteiger partial charge is 0.497 e. The van der Waals surface area contributed by atoms with Gasteiger partial charge in [-0.2, -0.15) is 0 Å². The third-order valence-electron chi connectivity index (χ3n) is 4.60. The molecule has 0 aromatic heterocycles. The average molecular weight is 391 g/mol. The molecule has 2 aromatic carbocycles. The van der Waals surface area contributed by atoms with E-state index in [0.717, 1.165) is 30.7 Å². The van der Waals surface area contributed by atoms with Crippen LogP contribution in [0.2, 0.25) is 0 Å². The monoisotopic (exact) mass is 391 g/mol. The fourth-order valence-electron chi connectivity index (χ4n) is 3.19. The van der Waals surface area contributed by atoms with Crippen LogP contribution in [-0.2, 0) is 0 Å². The number of urea groups is 1. The summed E-state index contributed by atoms with van der Waals surface area (Å²) >= 11 is 0. The van der Waals surface area contributed by atoms with Crippen LogP contribution in [0.5, 0.6) is 11.5 Å². The van der Waals surface area contributed by atoms with Gasteiger partial charge in [0.15, 0.2) is 0 Å². The third kappa shape index (κ3) is 4.82. The van der Waals surface area contributed by atoms with Crippen LogP contribution in [0.3, 0.4) is 0 Å². The molecular formula is C20H23F2N3O3. The molecule has 150 valence electrons. The molecule has 1 heterocycles. The highest BCUT2D eigenvalue weighted by Gasteiger charge is 2.24. The Bertz CT molecular complexity index is 825. The minimum absolute atomic E-state index is 0.0226. The first-order valence-electron chi connectivity index (χ1n) is 8.99. The Morgan fingerprint density at radius 2 is 1.82 bits per heavy atom. The van der Waals surface area contributed by atoms with Crippen molar-refractivity contribution >= 4 is 17.4 Å². The quantitative estimate of drug-likeness (QED) is 0.806. The number of carbonyl (C=O) groups is 1. The van der Waals surface area contributed by atoms with Crippen LogP contribution < -0.4 is 20.1 Å². The number of piperidine rings is 1. The molecule has 0 saturated carbocycles. The number of likely N-dealkylation sites (tertiary alicyclic amines) is 1. The molecule has 2 amide bonds. The van der Waals surface area contributed by atoms with Gasteiger partial charge < -0.3 is 25.0 Å². The predicted molar refractivity (Wildman–Crippen MR) is 103 cm³/mol. The Labute approximate surface area is 162 Å². The van der Waals surface area contributed by atoms with Gasteiger partial charge in [-0.1, -0.05) is 0 Å². The summed E-state index contributed by atoms with van der Waals surface area (Å²) in [6.45, 7) is 1.02. The topological polar surface area (TPSA) is 62.8 Å². The van der Waals surface area contributed by atoms with Gasteiger partial charge in [-0.05, 0) is 25.0 Å². The summed E-state index contributed by atoms with van der Waals surface area (Å²) in [5, 5.41) is 5.90. The molecule has 1 aliphatic heterocycles. The Balaban J connectivity index is 1.64. The first kappa shape index (κ1) is 19.7. The molecule has 0 aliphatic carbocycles. The molecule has 0 spiro atoms. The van der Waals surface area contributed by atoms with Crippen molar-refractivity contribution in [1.29, 1.82) is 0 Å². The second-order valence-corrected chi connectivity index (χ2v) is 6.59. The van der Waals surface area contributed by atoms with E-state index in [9.17, 15) is 13.6 Å². The van der Waals surface area contributed by atoms with E-state index < -0.39 is 17.7 Å². The number of ether oxygens (including phenoxy) is 2. The number of methoxy groups -OCH3 is 2. The summed E-state index contributed by atoms with van der Waals surface area (Å²) in [5.41, 5.74) is 0.784. The van der Waals surface area contributed by atoms with Gasteiger partial charge in [0.1, 0.15) is 23.1 Å². The Kier molecular flexibility index (Phi) is 6.18. The standard InChI is InChI=1S/C20H23F2N3O3/c1-27-16-9-15(10-17(11-16)28-2)23-14-4-3-7-25(12-14)20(26)24-19-6-5-13(21)8-18(19)22/h5-6,8-11,14,23H,3-4,7,12H2,1-2H3,(H,24,26)/t14-/m0/s1. The lowest BCUT2D eigenvalue weighted by molar-refractivity contribution is 0.195. The Hall–Kier alpha value is -3.03. The molecule has 2 N–H and O–H groups in total. The predicted octanol–water partition coefficient (Wildman–Crippen LogP) is 4.09. The number of nitrogens with zero attached hydrogens (tertiary/aromatic N) is 1. The maximum absolute atomic E-state index is 13.8. The highest BCUT2D eigenvalue weighted by Crippen LogP contribution is 2.27. The van der Waals surface area contributed by atoms with Crippen molar-refractivity contribution in [2.75, 3.05) is 37.9 Å². The summed E-state index contributed by atoms with van der Waals surface area (Å²) in [6.07, 6.45) is 1.69. The number of nitrogens with one attached hydrogen (secondary N) is 2. The van der Waals surface area contributed by atoms with Crippen molar-refractivity contribution in [3.8, 4) is 11.5 Å². The molecule has 0 radical (unpaired) electrons. The van der Waals surface area contributed by atoms with E-state index in [4.69, 9.17) is 9.47 Å². The maximum atomic E-state index is 13.8. The van der Waals surface area contributed by atoms with Crippen LogP contribution in [0.4, 0.5) is 25.0 Å². The van der Waals surface area contributed by atoms with E-state index in [2.05, 4.69) is 10.6 Å². The van der Waals surface area contributed by atoms with Gasteiger partial charge in [0, 0.05) is 49.1 Å². The van der Waals surface area contributed by atoms with Gasteiger partial charge in [-0.15, -0.1) is 0 Å². The van der Waals surface area contributed by atoms with Crippen molar-refractivity contribution < 1.29 is 23.0 Å². The molecule has 0 unspecified atom stereocenters. The van der Waals surface area contributed by atoms with Crippen molar-refractivity contribution in [3.63, 3.8) is 0 Å². The third-order valence-corrected chi connectivity index (χ3v) is 4.60. The lowest BCUT2D eigenvalue weighted by atomic mass is 10.1. The van der Waals surface area contributed by atoms with E-state index in [1.165, 1.54) is 6.07 Å². The molecule has 1 aliphatic rings. The molecule has 2 aromatic rings. The zero-order valence-corrected chi connectivity index (χ0v) is 15.8. The fraction of sp³-hybridized carbons (Fsp3) is 0.350. The lowest BCUT2D eigenvalue weighted by Crippen LogP contribution is -2.46. The lowest BCUT2D eigenvalue weighted by Gasteiger charge is -2.33. The summed E-state index contributed by atoms with van der Waals surface area (Å²) < 4.78 is 37.3. The second-order valence-electron chi connectivity index (χ2n) is 6.59. The molecule has 1 atom stereocenters. The molecule has 1 saturated heterocycles. The Morgan fingerprint density at radius 3 is 2.46 bits per heavy atom. The van der Waals surface area contributed by atoms with Crippen molar-refractivity contribution in [2.45, 2.75) is 18.9 Å². The van der Waals surface area contributed by atoms with E-state index in [1.807, 2.05) is 12.1 Å². The number of rotatable bonds is 5. The van der Waals surface area contributed by atoms with Crippen LogP contribution >= 0.6 is 0 Å². The SMILES string of the molecule is COc1cc(N[C@H]2CCCN(C(=O)Nc3ccc(F)cc3F)C2)cc(OC)c1.